The van der Waals surface area contributed by atoms with E-state index in [2.05, 4.69) is 10.3 Å². The average Bonchev–Trinajstić information content (AvgIpc) is 3.25. The minimum Gasteiger partial charge on any atom is -0.300 e. The number of aromatic nitrogens is 1. The van der Waals surface area contributed by atoms with E-state index in [1.54, 1.807) is 24.3 Å². The summed E-state index contributed by atoms with van der Waals surface area (Å²) in [5.74, 6) is -1.37. The highest BCUT2D eigenvalue weighted by Gasteiger charge is 2.40. The first-order chi connectivity index (χ1) is 13.5. The maximum atomic E-state index is 12.6. The second-order valence-corrected chi connectivity index (χ2v) is 7.45. The van der Waals surface area contributed by atoms with E-state index in [-0.39, 0.29) is 0 Å². The number of anilines is 1. The van der Waals surface area contributed by atoms with Crippen molar-refractivity contribution in [2.45, 2.75) is 19.9 Å². The van der Waals surface area contributed by atoms with Crippen LogP contribution in [0.4, 0.5) is 5.13 Å². The van der Waals surface area contributed by atoms with E-state index in [0.717, 1.165) is 21.7 Å². The maximum absolute atomic E-state index is 12.6. The van der Waals surface area contributed by atoms with Crippen LogP contribution in [0.1, 0.15) is 33.2 Å². The molecule has 3 amide bonds. The van der Waals surface area contributed by atoms with E-state index in [9.17, 15) is 14.4 Å². The van der Waals surface area contributed by atoms with Gasteiger partial charge in [0.05, 0.1) is 16.8 Å². The predicted octanol–water partition coefficient (Wildman–Crippen LogP) is 3.74. The molecule has 0 aliphatic carbocycles. The average molecular weight is 391 g/mol. The quantitative estimate of drug-likeness (QED) is 0.687. The van der Waals surface area contributed by atoms with Gasteiger partial charge in [0.25, 0.3) is 11.8 Å². The summed E-state index contributed by atoms with van der Waals surface area (Å²) in [5.41, 5.74) is 3.51. The van der Waals surface area contributed by atoms with Crippen LogP contribution in [0, 0.1) is 6.92 Å². The summed E-state index contributed by atoms with van der Waals surface area (Å²) >= 11 is 1.29. The Morgan fingerprint density at radius 1 is 1.04 bits per heavy atom. The lowest BCUT2D eigenvalue weighted by atomic mass is 10.1. The molecule has 28 heavy (non-hydrogen) atoms. The van der Waals surface area contributed by atoms with Gasteiger partial charge in [-0.1, -0.05) is 42.0 Å². The molecule has 0 spiro atoms. The Morgan fingerprint density at radius 3 is 2.25 bits per heavy atom. The van der Waals surface area contributed by atoms with Gasteiger partial charge in [-0.05, 0) is 26.0 Å². The molecule has 1 aliphatic heterocycles. The molecule has 1 N–H and O–H groups in total. The summed E-state index contributed by atoms with van der Waals surface area (Å²) < 4.78 is 0. The highest BCUT2D eigenvalue weighted by molar-refractivity contribution is 7.14. The summed E-state index contributed by atoms with van der Waals surface area (Å²) in [4.78, 5) is 43.1. The largest absolute Gasteiger partial charge is 0.300 e. The van der Waals surface area contributed by atoms with Gasteiger partial charge in [0.1, 0.15) is 6.04 Å². The molecule has 1 atom stereocenters. The van der Waals surface area contributed by atoms with Gasteiger partial charge >= 0.3 is 0 Å². The molecule has 140 valence electrons. The van der Waals surface area contributed by atoms with Crippen LogP contribution in [0.25, 0.3) is 11.3 Å². The van der Waals surface area contributed by atoms with Gasteiger partial charge in [-0.25, -0.2) is 4.98 Å². The van der Waals surface area contributed by atoms with Crippen molar-refractivity contribution < 1.29 is 14.4 Å². The highest BCUT2D eigenvalue weighted by Crippen LogP contribution is 2.27. The number of carbonyl (C=O) groups excluding carboxylic acids is 3. The number of hydrogen-bond acceptors (Lipinski definition) is 5. The molecule has 0 unspecified atom stereocenters. The van der Waals surface area contributed by atoms with Crippen LogP contribution in [0.5, 0.6) is 0 Å². The number of nitrogens with one attached hydrogen (secondary N) is 1. The van der Waals surface area contributed by atoms with Crippen LogP contribution in [-0.2, 0) is 4.79 Å². The number of benzene rings is 2. The van der Waals surface area contributed by atoms with Crippen LogP contribution in [-0.4, -0.2) is 33.6 Å². The zero-order valence-electron chi connectivity index (χ0n) is 15.3. The molecule has 2 aromatic carbocycles. The number of nitrogens with zero attached hydrogens (tertiary/aromatic N) is 2. The zero-order chi connectivity index (χ0) is 19.8. The first-order valence-electron chi connectivity index (χ1n) is 8.76. The Kier molecular flexibility index (Phi) is 4.52. The van der Waals surface area contributed by atoms with Crippen LogP contribution in [0.2, 0.25) is 0 Å². The van der Waals surface area contributed by atoms with E-state index < -0.39 is 23.8 Å². The molecule has 1 aliphatic rings. The fraction of sp³-hybridized carbons (Fsp3) is 0.143. The van der Waals surface area contributed by atoms with Crippen LogP contribution < -0.4 is 5.32 Å². The molecule has 0 bridgehead atoms. The number of thiazole rings is 1. The van der Waals surface area contributed by atoms with Crippen molar-refractivity contribution in [1.29, 1.82) is 0 Å². The topological polar surface area (TPSA) is 79.4 Å². The Labute approximate surface area is 165 Å². The van der Waals surface area contributed by atoms with Gasteiger partial charge in [0.2, 0.25) is 5.91 Å². The van der Waals surface area contributed by atoms with Gasteiger partial charge in [-0.15, -0.1) is 11.3 Å². The van der Waals surface area contributed by atoms with Crippen molar-refractivity contribution in [2.24, 2.45) is 0 Å². The lowest BCUT2D eigenvalue weighted by molar-refractivity contribution is -0.119. The molecular weight excluding hydrogens is 374 g/mol. The summed E-state index contributed by atoms with van der Waals surface area (Å²) in [6.45, 7) is 3.54. The molecular formula is C21H17N3O3S. The Hall–Kier alpha value is -3.32. The van der Waals surface area contributed by atoms with Crippen LogP contribution in [0.3, 0.4) is 0 Å². The highest BCUT2D eigenvalue weighted by atomic mass is 32.1. The van der Waals surface area contributed by atoms with Gasteiger partial charge in [0.15, 0.2) is 5.13 Å². The smallest absolute Gasteiger partial charge is 0.262 e. The van der Waals surface area contributed by atoms with Crippen molar-refractivity contribution in [3.05, 3.63) is 70.6 Å². The van der Waals surface area contributed by atoms with Crippen LogP contribution in [0.15, 0.2) is 53.9 Å². The fourth-order valence-electron chi connectivity index (χ4n) is 3.07. The third-order valence-corrected chi connectivity index (χ3v) is 5.43. The second kappa shape index (κ2) is 7.01. The summed E-state index contributed by atoms with van der Waals surface area (Å²) in [5, 5.41) is 4.98. The van der Waals surface area contributed by atoms with Gasteiger partial charge in [0, 0.05) is 10.9 Å². The monoisotopic (exact) mass is 391 g/mol. The van der Waals surface area contributed by atoms with Gasteiger partial charge < -0.3 is 5.32 Å². The Bertz CT molecular complexity index is 1050. The van der Waals surface area contributed by atoms with Crippen molar-refractivity contribution in [2.75, 3.05) is 5.32 Å². The normalized spacial score (nSPS) is 14.1. The number of imide groups is 1. The van der Waals surface area contributed by atoms with E-state index >= 15 is 0 Å². The van der Waals surface area contributed by atoms with Crippen molar-refractivity contribution in [1.82, 2.24) is 9.88 Å². The summed E-state index contributed by atoms with van der Waals surface area (Å²) in [7, 11) is 0. The molecule has 0 radical (unpaired) electrons. The number of rotatable bonds is 4. The number of carbonyl (C=O) groups is 3. The van der Waals surface area contributed by atoms with Crippen molar-refractivity contribution in [3.8, 4) is 11.3 Å². The lowest BCUT2D eigenvalue weighted by Crippen LogP contribution is -2.45. The van der Waals surface area contributed by atoms with Crippen molar-refractivity contribution >= 4 is 34.2 Å². The molecule has 3 aromatic rings. The van der Waals surface area contributed by atoms with E-state index in [0.29, 0.717) is 16.3 Å². The lowest BCUT2D eigenvalue weighted by Gasteiger charge is -2.21. The summed E-state index contributed by atoms with van der Waals surface area (Å²) in [6, 6.07) is 13.6. The summed E-state index contributed by atoms with van der Waals surface area (Å²) in [6.07, 6.45) is 0. The van der Waals surface area contributed by atoms with Gasteiger partial charge in [-0.2, -0.15) is 0 Å². The standard InChI is InChI=1S/C21H17N3O3S/c1-12-7-9-14(10-8-12)17-11-28-21(22-17)23-18(25)13(2)24-19(26)15-5-3-4-6-16(15)20(24)27/h3-11,13H,1-2H3,(H,22,23,25)/t13-/m0/s1. The SMILES string of the molecule is Cc1ccc(-c2csc(NC(=O)[C@H](C)N3C(=O)c4ccccc4C3=O)n2)cc1. The molecule has 6 nitrogen and oxygen atoms in total. The number of amides is 3. The fourth-order valence-corrected chi connectivity index (χ4v) is 3.80. The number of fused-ring (bicyclic) bond motifs is 1. The molecule has 4 rings (SSSR count). The first-order valence-corrected chi connectivity index (χ1v) is 9.64. The molecule has 0 saturated carbocycles. The second-order valence-electron chi connectivity index (χ2n) is 6.60. The molecule has 2 heterocycles. The molecule has 7 heteroatoms. The van der Waals surface area contributed by atoms with E-state index in [4.69, 9.17) is 0 Å². The van der Waals surface area contributed by atoms with Crippen LogP contribution >= 0.6 is 11.3 Å². The first kappa shape index (κ1) is 18.1. The third-order valence-electron chi connectivity index (χ3n) is 4.67. The number of hydrogen-bond donors (Lipinski definition) is 1. The zero-order valence-corrected chi connectivity index (χ0v) is 16.1. The predicted molar refractivity (Wildman–Crippen MR) is 107 cm³/mol. The van der Waals surface area contributed by atoms with Gasteiger partial charge in [-0.3, -0.25) is 19.3 Å². The minimum atomic E-state index is -0.945. The molecule has 0 fully saturated rings. The Balaban J connectivity index is 1.49. The van der Waals surface area contributed by atoms with E-state index in [1.165, 1.54) is 18.3 Å². The minimum absolute atomic E-state index is 0.322. The molecule has 0 saturated heterocycles. The third kappa shape index (κ3) is 3.10. The van der Waals surface area contributed by atoms with Crippen molar-refractivity contribution in [3.63, 3.8) is 0 Å². The molecule has 1 aromatic heterocycles. The van der Waals surface area contributed by atoms with E-state index in [1.807, 2.05) is 36.6 Å². The number of aryl methyl sites for hydroxylation is 1. The Morgan fingerprint density at radius 2 is 1.64 bits per heavy atom. The maximum Gasteiger partial charge on any atom is 0.262 e.